The Kier molecular flexibility index (Phi) is 3.28. The van der Waals surface area contributed by atoms with Gasteiger partial charge in [0, 0.05) is 22.3 Å². The molecular weight excluding hydrogens is 287 g/mol. The molecule has 5 heteroatoms. The molecule has 0 saturated carbocycles. The van der Waals surface area contributed by atoms with Crippen molar-refractivity contribution in [1.29, 1.82) is 0 Å². The Labute approximate surface area is 107 Å². The zero-order chi connectivity index (χ0) is 12.4. The van der Waals surface area contributed by atoms with Crippen LogP contribution in [-0.4, -0.2) is 4.98 Å². The Morgan fingerprint density at radius 3 is 2.71 bits per heavy atom. The van der Waals surface area contributed by atoms with Crippen molar-refractivity contribution in [3.8, 4) is 11.6 Å². The van der Waals surface area contributed by atoms with Gasteiger partial charge in [-0.25, -0.2) is 9.37 Å². The summed E-state index contributed by atoms with van der Waals surface area (Å²) in [6.07, 6.45) is 0. The number of hydrogen-bond donors (Lipinski definition) is 1. The molecule has 0 amide bonds. The molecule has 0 spiro atoms. The summed E-state index contributed by atoms with van der Waals surface area (Å²) < 4.78 is 19.7. The molecular formula is C12H10BrFN2O. The number of nitrogens with zero attached hydrogens (tertiary/aromatic N) is 1. The van der Waals surface area contributed by atoms with Crippen LogP contribution in [-0.2, 0) is 0 Å². The van der Waals surface area contributed by atoms with Crippen LogP contribution >= 0.6 is 15.9 Å². The summed E-state index contributed by atoms with van der Waals surface area (Å²) in [7, 11) is 0. The van der Waals surface area contributed by atoms with Crippen LogP contribution in [0, 0.1) is 12.7 Å². The fourth-order valence-corrected chi connectivity index (χ4v) is 1.51. The third-order valence-electron chi connectivity index (χ3n) is 2.17. The first kappa shape index (κ1) is 11.9. The van der Waals surface area contributed by atoms with Crippen LogP contribution in [0.4, 0.5) is 10.1 Å². The van der Waals surface area contributed by atoms with Gasteiger partial charge in [0.25, 0.3) is 0 Å². The Bertz CT molecular complexity index is 560. The van der Waals surface area contributed by atoms with Crippen molar-refractivity contribution in [2.45, 2.75) is 6.92 Å². The summed E-state index contributed by atoms with van der Waals surface area (Å²) >= 11 is 3.33. The molecule has 1 aromatic heterocycles. The van der Waals surface area contributed by atoms with Gasteiger partial charge in [0.1, 0.15) is 0 Å². The van der Waals surface area contributed by atoms with Crippen molar-refractivity contribution in [3.63, 3.8) is 0 Å². The van der Waals surface area contributed by atoms with Gasteiger partial charge in [0.15, 0.2) is 11.6 Å². The minimum absolute atomic E-state index is 0.105. The van der Waals surface area contributed by atoms with Crippen LogP contribution < -0.4 is 10.5 Å². The summed E-state index contributed by atoms with van der Waals surface area (Å²) in [6, 6.07) is 7.72. The normalized spacial score (nSPS) is 10.3. The van der Waals surface area contributed by atoms with E-state index in [-0.39, 0.29) is 5.75 Å². The van der Waals surface area contributed by atoms with E-state index in [0.717, 1.165) is 10.2 Å². The summed E-state index contributed by atoms with van der Waals surface area (Å²) in [6.45, 7) is 1.83. The van der Waals surface area contributed by atoms with Crippen molar-refractivity contribution in [1.82, 2.24) is 4.98 Å². The number of pyridine rings is 1. The van der Waals surface area contributed by atoms with Gasteiger partial charge in [0.2, 0.25) is 5.88 Å². The third kappa shape index (κ3) is 2.74. The SMILES string of the molecule is Cc1nc(Oc2ccc(N)cc2F)ccc1Br. The number of nitrogens with two attached hydrogens (primary N) is 1. The molecule has 17 heavy (non-hydrogen) atoms. The fourth-order valence-electron chi connectivity index (χ4n) is 1.29. The van der Waals surface area contributed by atoms with Gasteiger partial charge in [-0.1, -0.05) is 0 Å². The van der Waals surface area contributed by atoms with Crippen molar-refractivity contribution in [3.05, 3.63) is 46.3 Å². The second-order valence-electron chi connectivity index (χ2n) is 3.51. The maximum Gasteiger partial charge on any atom is 0.219 e. The van der Waals surface area contributed by atoms with Crippen molar-refractivity contribution in [2.24, 2.45) is 0 Å². The highest BCUT2D eigenvalue weighted by atomic mass is 79.9. The molecule has 1 heterocycles. The maximum atomic E-state index is 13.5. The Morgan fingerprint density at radius 2 is 2.06 bits per heavy atom. The lowest BCUT2D eigenvalue weighted by atomic mass is 10.3. The molecule has 0 aliphatic rings. The molecule has 0 aliphatic carbocycles. The van der Waals surface area contributed by atoms with E-state index >= 15 is 0 Å². The van der Waals surface area contributed by atoms with Gasteiger partial charge >= 0.3 is 0 Å². The van der Waals surface area contributed by atoms with E-state index in [1.807, 2.05) is 6.92 Å². The summed E-state index contributed by atoms with van der Waals surface area (Å²) in [5.41, 5.74) is 6.58. The highest BCUT2D eigenvalue weighted by Gasteiger charge is 2.07. The van der Waals surface area contributed by atoms with E-state index in [1.54, 1.807) is 18.2 Å². The van der Waals surface area contributed by atoms with Crippen LogP contribution in [0.25, 0.3) is 0 Å². The number of ether oxygens (including phenoxy) is 1. The number of anilines is 1. The Hall–Kier alpha value is -1.62. The molecule has 0 radical (unpaired) electrons. The van der Waals surface area contributed by atoms with E-state index in [2.05, 4.69) is 20.9 Å². The summed E-state index contributed by atoms with van der Waals surface area (Å²) in [4.78, 5) is 4.16. The highest BCUT2D eigenvalue weighted by molar-refractivity contribution is 9.10. The molecule has 0 saturated heterocycles. The van der Waals surface area contributed by atoms with Crippen molar-refractivity contribution >= 4 is 21.6 Å². The van der Waals surface area contributed by atoms with Crippen LogP contribution in [0.1, 0.15) is 5.69 Å². The lowest BCUT2D eigenvalue weighted by Crippen LogP contribution is -1.94. The van der Waals surface area contributed by atoms with Gasteiger partial charge in [-0.15, -0.1) is 0 Å². The van der Waals surface area contributed by atoms with E-state index < -0.39 is 5.82 Å². The number of halogens is 2. The predicted molar refractivity (Wildman–Crippen MR) is 67.6 cm³/mol. The van der Waals surface area contributed by atoms with Gasteiger partial charge in [-0.05, 0) is 41.1 Å². The minimum atomic E-state index is -0.507. The molecule has 0 atom stereocenters. The first-order chi connectivity index (χ1) is 8.06. The van der Waals surface area contributed by atoms with E-state index in [1.165, 1.54) is 12.1 Å². The standard InChI is InChI=1S/C12H10BrFN2O/c1-7-9(13)3-5-12(16-7)17-11-4-2-8(15)6-10(11)14/h2-6H,15H2,1H3. The van der Waals surface area contributed by atoms with E-state index in [4.69, 9.17) is 10.5 Å². The topological polar surface area (TPSA) is 48.1 Å². The number of rotatable bonds is 2. The molecule has 1 aromatic carbocycles. The number of nitrogen functional groups attached to an aromatic ring is 1. The lowest BCUT2D eigenvalue weighted by Gasteiger charge is -2.07. The average Bonchev–Trinajstić information content (AvgIpc) is 2.27. The van der Waals surface area contributed by atoms with E-state index in [9.17, 15) is 4.39 Å². The second-order valence-corrected chi connectivity index (χ2v) is 4.36. The first-order valence-electron chi connectivity index (χ1n) is 4.92. The van der Waals surface area contributed by atoms with Gasteiger partial charge in [-0.3, -0.25) is 0 Å². The lowest BCUT2D eigenvalue weighted by molar-refractivity contribution is 0.426. The average molecular weight is 297 g/mol. The molecule has 0 fully saturated rings. The second kappa shape index (κ2) is 4.71. The van der Waals surface area contributed by atoms with Crippen LogP contribution in [0.3, 0.4) is 0 Å². The Balaban J connectivity index is 2.28. The molecule has 0 bridgehead atoms. The predicted octanol–water partition coefficient (Wildman–Crippen LogP) is 3.67. The zero-order valence-corrected chi connectivity index (χ0v) is 10.7. The maximum absolute atomic E-state index is 13.5. The van der Waals surface area contributed by atoms with Gasteiger partial charge in [-0.2, -0.15) is 0 Å². The fraction of sp³-hybridized carbons (Fsp3) is 0.0833. The molecule has 0 unspecified atom stereocenters. The summed E-state index contributed by atoms with van der Waals surface area (Å²) in [5, 5.41) is 0. The number of aryl methyl sites for hydroxylation is 1. The zero-order valence-electron chi connectivity index (χ0n) is 9.08. The minimum Gasteiger partial charge on any atom is -0.436 e. The van der Waals surface area contributed by atoms with Crippen molar-refractivity contribution in [2.75, 3.05) is 5.73 Å². The van der Waals surface area contributed by atoms with Gasteiger partial charge < -0.3 is 10.5 Å². The van der Waals surface area contributed by atoms with Crippen LogP contribution in [0.2, 0.25) is 0 Å². The Morgan fingerprint density at radius 1 is 1.29 bits per heavy atom. The summed E-state index contributed by atoms with van der Waals surface area (Å²) in [5.74, 6) is -0.0600. The number of hydrogen-bond acceptors (Lipinski definition) is 3. The van der Waals surface area contributed by atoms with Crippen molar-refractivity contribution < 1.29 is 9.13 Å². The molecule has 2 aromatic rings. The van der Waals surface area contributed by atoms with Crippen LogP contribution in [0.15, 0.2) is 34.8 Å². The largest absolute Gasteiger partial charge is 0.436 e. The smallest absolute Gasteiger partial charge is 0.219 e. The first-order valence-corrected chi connectivity index (χ1v) is 5.71. The van der Waals surface area contributed by atoms with E-state index in [0.29, 0.717) is 11.6 Å². The molecule has 0 aliphatic heterocycles. The number of benzene rings is 1. The molecule has 88 valence electrons. The molecule has 2 N–H and O–H groups in total. The monoisotopic (exact) mass is 296 g/mol. The molecule has 3 nitrogen and oxygen atoms in total. The third-order valence-corrected chi connectivity index (χ3v) is 3.00. The van der Waals surface area contributed by atoms with Gasteiger partial charge in [0.05, 0.1) is 5.69 Å². The highest BCUT2D eigenvalue weighted by Crippen LogP contribution is 2.26. The molecule has 2 rings (SSSR count). The quantitative estimate of drug-likeness (QED) is 0.860. The van der Waals surface area contributed by atoms with Crippen LogP contribution in [0.5, 0.6) is 11.6 Å². The number of aromatic nitrogens is 1.